The highest BCUT2D eigenvalue weighted by Crippen LogP contribution is 2.61. The van der Waals surface area contributed by atoms with E-state index in [1.54, 1.807) is 24.3 Å². The first kappa shape index (κ1) is 26.7. The molecular formula is C33H32N2O6. The highest BCUT2D eigenvalue weighted by molar-refractivity contribution is 6.10. The Morgan fingerprint density at radius 2 is 1.37 bits per heavy atom. The molecule has 3 aromatic rings. The Balaban J connectivity index is 1.26. The first-order valence-electron chi connectivity index (χ1n) is 13.9. The SMILES string of the molecule is COc1cccc(NC(=O)COC(=O)[C@@H](CC(C)C)N2C(=O)[C@@H]3C4c5ccccc5C(c5ccccc54)[C@@H]3C2=O)c1. The molecule has 1 heterocycles. The number of rotatable bonds is 8. The predicted octanol–water partition coefficient (Wildman–Crippen LogP) is 4.48. The van der Waals surface area contributed by atoms with Crippen LogP contribution in [0.2, 0.25) is 0 Å². The van der Waals surface area contributed by atoms with Crippen LogP contribution >= 0.6 is 0 Å². The van der Waals surface area contributed by atoms with Crippen molar-refractivity contribution >= 4 is 29.4 Å². The molecule has 41 heavy (non-hydrogen) atoms. The lowest BCUT2D eigenvalue weighted by Gasteiger charge is -2.45. The highest BCUT2D eigenvalue weighted by atomic mass is 16.5. The van der Waals surface area contributed by atoms with Crippen LogP contribution in [0.4, 0.5) is 5.69 Å². The molecule has 2 bridgehead atoms. The van der Waals surface area contributed by atoms with Gasteiger partial charge in [0.1, 0.15) is 11.8 Å². The number of carbonyl (C=O) groups excluding carboxylic acids is 4. The fraction of sp³-hybridized carbons (Fsp3) is 0.333. The van der Waals surface area contributed by atoms with Gasteiger partial charge < -0.3 is 14.8 Å². The number of hydrogen-bond donors (Lipinski definition) is 1. The van der Waals surface area contributed by atoms with Gasteiger partial charge in [0, 0.05) is 23.6 Å². The van der Waals surface area contributed by atoms with Gasteiger partial charge in [0.15, 0.2) is 6.61 Å². The third kappa shape index (κ3) is 4.47. The Kier molecular flexibility index (Phi) is 6.85. The largest absolute Gasteiger partial charge is 0.497 e. The number of hydrogen-bond acceptors (Lipinski definition) is 6. The lowest BCUT2D eigenvalue weighted by molar-refractivity contribution is -0.160. The van der Waals surface area contributed by atoms with Crippen molar-refractivity contribution in [1.29, 1.82) is 0 Å². The summed E-state index contributed by atoms with van der Waals surface area (Å²) >= 11 is 0. The van der Waals surface area contributed by atoms with Crippen LogP contribution in [0.5, 0.6) is 5.75 Å². The van der Waals surface area contributed by atoms with E-state index in [1.807, 2.05) is 62.4 Å². The minimum Gasteiger partial charge on any atom is -0.497 e. The second-order valence-electron chi connectivity index (χ2n) is 11.3. The quantitative estimate of drug-likeness (QED) is 0.327. The summed E-state index contributed by atoms with van der Waals surface area (Å²) in [4.78, 5) is 55.5. The predicted molar refractivity (Wildman–Crippen MR) is 151 cm³/mol. The normalized spacial score (nSPS) is 22.6. The van der Waals surface area contributed by atoms with Gasteiger partial charge in [-0.05, 0) is 46.7 Å². The van der Waals surface area contributed by atoms with Crippen molar-refractivity contribution in [3.05, 3.63) is 95.1 Å². The maximum Gasteiger partial charge on any atom is 0.329 e. The van der Waals surface area contributed by atoms with E-state index in [9.17, 15) is 19.2 Å². The van der Waals surface area contributed by atoms with Crippen molar-refractivity contribution in [3.8, 4) is 5.75 Å². The maximum atomic E-state index is 14.1. The van der Waals surface area contributed by atoms with E-state index in [0.717, 1.165) is 27.2 Å². The zero-order chi connectivity index (χ0) is 28.8. The van der Waals surface area contributed by atoms with Gasteiger partial charge in [0.25, 0.3) is 5.91 Å². The summed E-state index contributed by atoms with van der Waals surface area (Å²) < 4.78 is 10.6. The van der Waals surface area contributed by atoms with Crippen molar-refractivity contribution < 1.29 is 28.7 Å². The monoisotopic (exact) mass is 552 g/mol. The minimum atomic E-state index is -1.11. The smallest absolute Gasteiger partial charge is 0.329 e. The van der Waals surface area contributed by atoms with Crippen LogP contribution in [-0.2, 0) is 23.9 Å². The topological polar surface area (TPSA) is 102 Å². The fourth-order valence-corrected chi connectivity index (χ4v) is 6.89. The molecule has 0 saturated carbocycles. The van der Waals surface area contributed by atoms with Crippen molar-refractivity contribution in [3.63, 3.8) is 0 Å². The number of nitrogens with one attached hydrogen (secondary N) is 1. The first-order valence-corrected chi connectivity index (χ1v) is 13.9. The van der Waals surface area contributed by atoms with Crippen molar-refractivity contribution in [2.45, 2.75) is 38.1 Å². The number of imide groups is 1. The minimum absolute atomic E-state index is 0.00694. The Bertz CT molecular complexity index is 1430. The Morgan fingerprint density at radius 3 is 1.85 bits per heavy atom. The molecule has 0 unspecified atom stereocenters. The molecule has 3 amide bonds. The van der Waals surface area contributed by atoms with Gasteiger partial charge in [-0.15, -0.1) is 0 Å². The van der Waals surface area contributed by atoms with Crippen molar-refractivity contribution in [2.75, 3.05) is 19.0 Å². The zero-order valence-electron chi connectivity index (χ0n) is 23.2. The average molecular weight is 553 g/mol. The number of esters is 1. The number of methoxy groups -OCH3 is 1. The molecule has 0 radical (unpaired) electrons. The zero-order valence-corrected chi connectivity index (χ0v) is 23.2. The van der Waals surface area contributed by atoms with E-state index in [2.05, 4.69) is 5.32 Å². The number of carbonyl (C=O) groups is 4. The molecule has 1 fully saturated rings. The lowest BCUT2D eigenvalue weighted by atomic mass is 9.55. The molecular weight excluding hydrogens is 520 g/mol. The summed E-state index contributed by atoms with van der Waals surface area (Å²) in [5.74, 6) is -3.12. The number of likely N-dealkylation sites (tertiary alicyclic amines) is 1. The van der Waals surface area contributed by atoms with Crippen LogP contribution in [0.25, 0.3) is 0 Å². The Labute approximate surface area is 238 Å². The molecule has 1 aliphatic heterocycles. The van der Waals surface area contributed by atoms with Crippen LogP contribution in [0.15, 0.2) is 72.8 Å². The number of amides is 3. The molecule has 8 heteroatoms. The van der Waals surface area contributed by atoms with Crippen molar-refractivity contribution in [1.82, 2.24) is 4.90 Å². The van der Waals surface area contributed by atoms with E-state index in [-0.39, 0.29) is 36.0 Å². The molecule has 0 spiro atoms. The standard InChI is InChI=1S/C33H32N2O6/c1-18(2)15-25(33(39)41-17-26(36)34-19-9-8-10-20(16-19)40-3)35-31(37)29-27-21-11-4-5-12-22(21)28(30(29)32(35)38)24-14-7-6-13-23(24)27/h4-14,16,18,25,27-30H,15,17H2,1-3H3,(H,34,36)/t25-,27?,28?,29-,30+/m1/s1. The number of benzene rings is 3. The van der Waals surface area contributed by atoms with Gasteiger partial charge in [-0.3, -0.25) is 19.3 Å². The number of nitrogens with zero attached hydrogens (tertiary/aromatic N) is 1. The van der Waals surface area contributed by atoms with Gasteiger partial charge in [0.2, 0.25) is 11.8 Å². The molecule has 1 N–H and O–H groups in total. The van der Waals surface area contributed by atoms with E-state index in [1.165, 1.54) is 7.11 Å². The van der Waals surface area contributed by atoms with Gasteiger partial charge in [-0.1, -0.05) is 68.4 Å². The Hall–Kier alpha value is -4.46. The van der Waals surface area contributed by atoms with Crippen LogP contribution in [0.1, 0.15) is 54.4 Å². The summed E-state index contributed by atoms with van der Waals surface area (Å²) in [5, 5.41) is 2.68. The fourth-order valence-electron chi connectivity index (χ4n) is 6.89. The van der Waals surface area contributed by atoms with Crippen LogP contribution in [0.3, 0.4) is 0 Å². The summed E-state index contributed by atoms with van der Waals surface area (Å²) in [6.07, 6.45) is 0.239. The molecule has 1 saturated heterocycles. The molecule has 7 rings (SSSR count). The van der Waals surface area contributed by atoms with E-state index >= 15 is 0 Å². The second-order valence-corrected chi connectivity index (χ2v) is 11.3. The third-order valence-electron chi connectivity index (χ3n) is 8.46. The first-order chi connectivity index (χ1) is 19.8. The maximum absolute atomic E-state index is 14.1. The molecule has 3 aliphatic carbocycles. The summed E-state index contributed by atoms with van der Waals surface area (Å²) in [7, 11) is 1.53. The third-order valence-corrected chi connectivity index (χ3v) is 8.46. The Morgan fingerprint density at radius 1 is 0.829 bits per heavy atom. The van der Waals surface area contributed by atoms with Crippen LogP contribution in [-0.4, -0.2) is 48.3 Å². The molecule has 4 aliphatic rings. The van der Waals surface area contributed by atoms with Gasteiger partial charge in [0.05, 0.1) is 18.9 Å². The van der Waals surface area contributed by atoms with E-state index in [4.69, 9.17) is 9.47 Å². The number of ether oxygens (including phenoxy) is 2. The van der Waals surface area contributed by atoms with Crippen molar-refractivity contribution in [2.24, 2.45) is 17.8 Å². The molecule has 0 aromatic heterocycles. The lowest BCUT2D eigenvalue weighted by Crippen LogP contribution is -2.47. The average Bonchev–Trinajstić information content (AvgIpc) is 3.24. The van der Waals surface area contributed by atoms with Gasteiger partial charge in [-0.2, -0.15) is 0 Å². The second kappa shape index (κ2) is 10.5. The van der Waals surface area contributed by atoms with Gasteiger partial charge >= 0.3 is 5.97 Å². The molecule has 210 valence electrons. The molecule has 3 atom stereocenters. The number of anilines is 1. The molecule has 3 aromatic carbocycles. The molecule has 8 nitrogen and oxygen atoms in total. The highest BCUT2D eigenvalue weighted by Gasteiger charge is 2.63. The van der Waals surface area contributed by atoms with E-state index < -0.39 is 36.4 Å². The van der Waals surface area contributed by atoms with Gasteiger partial charge in [-0.25, -0.2) is 4.79 Å². The van der Waals surface area contributed by atoms with E-state index in [0.29, 0.717) is 11.4 Å². The summed E-state index contributed by atoms with van der Waals surface area (Å²) in [5.41, 5.74) is 4.76. The summed E-state index contributed by atoms with van der Waals surface area (Å²) in [6.45, 7) is 3.29. The summed E-state index contributed by atoms with van der Waals surface area (Å²) in [6, 6.07) is 21.7. The van der Waals surface area contributed by atoms with Crippen LogP contribution in [0, 0.1) is 17.8 Å². The van der Waals surface area contributed by atoms with Crippen LogP contribution < -0.4 is 10.1 Å².